The van der Waals surface area contributed by atoms with Gasteiger partial charge in [0, 0.05) is 29.6 Å². The highest BCUT2D eigenvalue weighted by atomic mass is 35.5. The molecule has 39 heavy (non-hydrogen) atoms. The summed E-state index contributed by atoms with van der Waals surface area (Å²) in [4.78, 5) is 40.0. The van der Waals surface area contributed by atoms with Crippen LogP contribution in [0.15, 0.2) is 73.1 Å². The molecule has 9 nitrogen and oxygen atoms in total. The van der Waals surface area contributed by atoms with Gasteiger partial charge in [-0.25, -0.2) is 4.79 Å². The molecular weight excluding hydrogens is 518 g/mol. The third-order valence-corrected chi connectivity index (χ3v) is 6.92. The Morgan fingerprint density at radius 1 is 1.08 bits per heavy atom. The summed E-state index contributed by atoms with van der Waals surface area (Å²) in [5.74, 6) is -1.50. The number of carbonyl (C=O) groups excluding carboxylic acids is 2. The summed E-state index contributed by atoms with van der Waals surface area (Å²) in [6, 6.07) is 16.5. The first-order valence-corrected chi connectivity index (χ1v) is 12.6. The molecule has 3 aromatic carbocycles. The zero-order valence-corrected chi connectivity index (χ0v) is 21.7. The minimum absolute atomic E-state index is 0.0586. The van der Waals surface area contributed by atoms with Crippen molar-refractivity contribution in [2.75, 3.05) is 6.54 Å². The van der Waals surface area contributed by atoms with Crippen LogP contribution in [0.2, 0.25) is 5.02 Å². The number of nitrogens with zero attached hydrogens (tertiary/aromatic N) is 5. The van der Waals surface area contributed by atoms with Crippen LogP contribution in [0.5, 0.6) is 0 Å². The number of hydrogen-bond donors (Lipinski definition) is 1. The number of tetrazole rings is 1. The zero-order valence-electron chi connectivity index (χ0n) is 21.0. The molecule has 0 saturated carbocycles. The molecule has 0 saturated heterocycles. The molecule has 1 atom stereocenters. The van der Waals surface area contributed by atoms with E-state index in [9.17, 15) is 19.5 Å². The minimum atomic E-state index is -1.03. The molecule has 0 spiro atoms. The number of halogens is 1. The van der Waals surface area contributed by atoms with Crippen molar-refractivity contribution >= 4 is 35.3 Å². The van der Waals surface area contributed by atoms with E-state index in [-0.39, 0.29) is 23.7 Å². The molecule has 1 N–H and O–H groups in total. The van der Waals surface area contributed by atoms with E-state index in [1.807, 2.05) is 19.1 Å². The Hall–Kier alpha value is -4.63. The monoisotopic (exact) mass is 541 g/mol. The molecule has 1 aromatic heterocycles. The molecule has 1 aliphatic rings. The molecule has 0 fully saturated rings. The second-order valence-electron chi connectivity index (χ2n) is 9.32. The first kappa shape index (κ1) is 26.0. The second-order valence-corrected chi connectivity index (χ2v) is 9.76. The number of ketones is 1. The first-order chi connectivity index (χ1) is 18.8. The van der Waals surface area contributed by atoms with Crippen LogP contribution in [-0.4, -0.2) is 54.4 Å². The van der Waals surface area contributed by atoms with Crippen molar-refractivity contribution in [1.29, 1.82) is 0 Å². The highest BCUT2D eigenvalue weighted by molar-refractivity contribution is 6.30. The van der Waals surface area contributed by atoms with Crippen molar-refractivity contribution in [2.45, 2.75) is 25.8 Å². The highest BCUT2D eigenvalue weighted by Crippen LogP contribution is 2.33. The SMILES string of the molecule is Cc1ccc2c(c1)CCN(C(=O)/C=C/c1cc(Cl)ccc1-n1cnnn1)C2C(=O)Cc1ccc(C(=O)O)cc1. The van der Waals surface area contributed by atoms with Crippen LogP contribution >= 0.6 is 11.6 Å². The van der Waals surface area contributed by atoms with Gasteiger partial charge in [0.05, 0.1) is 11.3 Å². The van der Waals surface area contributed by atoms with Crippen molar-refractivity contribution in [3.05, 3.63) is 111 Å². The molecular formula is C29H24ClN5O4. The molecule has 4 aromatic rings. The van der Waals surface area contributed by atoms with E-state index in [2.05, 4.69) is 21.6 Å². The lowest BCUT2D eigenvalue weighted by molar-refractivity contribution is -0.136. The van der Waals surface area contributed by atoms with Gasteiger partial charge in [-0.05, 0) is 76.9 Å². The highest BCUT2D eigenvalue weighted by Gasteiger charge is 2.35. The third kappa shape index (κ3) is 5.63. The normalized spacial score (nSPS) is 14.8. The van der Waals surface area contributed by atoms with Crippen molar-refractivity contribution in [3.63, 3.8) is 0 Å². The molecule has 1 unspecified atom stereocenters. The number of fused-ring (bicyclic) bond motifs is 1. The van der Waals surface area contributed by atoms with Gasteiger partial charge in [-0.1, -0.05) is 47.5 Å². The van der Waals surface area contributed by atoms with Gasteiger partial charge >= 0.3 is 5.97 Å². The number of Topliss-reactive ketones (excluding diaryl/α,β-unsaturated/α-hetero) is 1. The molecule has 1 aliphatic heterocycles. The topological polar surface area (TPSA) is 118 Å². The van der Waals surface area contributed by atoms with Crippen molar-refractivity contribution in [2.24, 2.45) is 0 Å². The molecule has 196 valence electrons. The number of amides is 1. The van der Waals surface area contributed by atoms with Gasteiger partial charge in [0.25, 0.3) is 0 Å². The van der Waals surface area contributed by atoms with E-state index in [1.165, 1.54) is 29.2 Å². The van der Waals surface area contributed by atoms with E-state index in [1.54, 1.807) is 41.3 Å². The quantitative estimate of drug-likeness (QED) is 0.347. The fourth-order valence-electron chi connectivity index (χ4n) is 4.80. The summed E-state index contributed by atoms with van der Waals surface area (Å²) < 4.78 is 1.47. The maximum Gasteiger partial charge on any atom is 0.335 e. The van der Waals surface area contributed by atoms with Gasteiger partial charge in [0.15, 0.2) is 5.78 Å². The molecule has 10 heteroatoms. The maximum absolute atomic E-state index is 13.7. The van der Waals surface area contributed by atoms with Gasteiger partial charge in [0.2, 0.25) is 5.91 Å². The predicted octanol–water partition coefficient (Wildman–Crippen LogP) is 4.27. The van der Waals surface area contributed by atoms with Gasteiger partial charge in [-0.2, -0.15) is 4.68 Å². The van der Waals surface area contributed by atoms with Crippen LogP contribution in [0.3, 0.4) is 0 Å². The molecule has 5 rings (SSSR count). The summed E-state index contributed by atoms with van der Waals surface area (Å²) in [6.07, 6.45) is 5.20. The number of carbonyl (C=O) groups is 3. The summed E-state index contributed by atoms with van der Waals surface area (Å²) in [7, 11) is 0. The van der Waals surface area contributed by atoms with E-state index in [0.29, 0.717) is 34.8 Å². The number of benzene rings is 3. The average molecular weight is 542 g/mol. The van der Waals surface area contributed by atoms with Crippen LogP contribution in [0.4, 0.5) is 0 Å². The number of aromatic carboxylic acids is 1. The Morgan fingerprint density at radius 3 is 2.59 bits per heavy atom. The van der Waals surface area contributed by atoms with Gasteiger partial charge < -0.3 is 10.0 Å². The second kappa shape index (κ2) is 11.0. The minimum Gasteiger partial charge on any atom is -0.478 e. The summed E-state index contributed by atoms with van der Waals surface area (Å²) >= 11 is 6.21. The number of carboxylic acids is 1. The summed E-state index contributed by atoms with van der Waals surface area (Å²) in [5.41, 5.74) is 5.03. The van der Waals surface area contributed by atoms with Crippen LogP contribution < -0.4 is 0 Å². The first-order valence-electron chi connectivity index (χ1n) is 12.3. The Labute approximate surface area is 229 Å². The molecule has 2 heterocycles. The standard InChI is InChI=1S/C29H24ClN5O4/c1-18-2-9-24-21(14-18)12-13-34(28(24)26(36)15-19-3-5-20(6-4-19)29(38)39)27(37)11-7-22-16-23(30)8-10-25(22)35-17-31-32-33-35/h2-11,14,16-17,28H,12-13,15H2,1H3,(H,38,39)/b11-7+. The summed E-state index contributed by atoms with van der Waals surface area (Å²) in [6.45, 7) is 2.37. The van der Waals surface area contributed by atoms with Crippen LogP contribution in [0, 0.1) is 6.92 Å². The third-order valence-electron chi connectivity index (χ3n) is 6.68. The van der Waals surface area contributed by atoms with E-state index in [0.717, 1.165) is 16.7 Å². The number of aromatic nitrogens is 4. The Kier molecular flexibility index (Phi) is 7.33. The number of rotatable bonds is 7. The fraction of sp³-hybridized carbons (Fsp3) is 0.172. The molecule has 0 radical (unpaired) electrons. The summed E-state index contributed by atoms with van der Waals surface area (Å²) in [5, 5.41) is 20.9. The Bertz CT molecular complexity index is 1580. The Morgan fingerprint density at radius 2 is 1.87 bits per heavy atom. The van der Waals surface area contributed by atoms with Crippen molar-refractivity contribution in [3.8, 4) is 5.69 Å². The van der Waals surface area contributed by atoms with Crippen molar-refractivity contribution < 1.29 is 19.5 Å². The Balaban J connectivity index is 1.45. The molecule has 1 amide bonds. The lowest BCUT2D eigenvalue weighted by Crippen LogP contribution is -2.43. The lowest BCUT2D eigenvalue weighted by Gasteiger charge is -2.36. The van der Waals surface area contributed by atoms with Crippen LogP contribution in [0.1, 0.15) is 44.2 Å². The molecule has 0 bridgehead atoms. The average Bonchev–Trinajstić information content (AvgIpc) is 3.46. The lowest BCUT2D eigenvalue weighted by atomic mass is 9.87. The van der Waals surface area contributed by atoms with E-state index < -0.39 is 12.0 Å². The van der Waals surface area contributed by atoms with Crippen molar-refractivity contribution in [1.82, 2.24) is 25.1 Å². The van der Waals surface area contributed by atoms with Gasteiger partial charge in [-0.3, -0.25) is 9.59 Å². The molecule has 0 aliphatic carbocycles. The number of aryl methyl sites for hydroxylation is 1. The number of carboxylic acid groups (broad SMARTS) is 1. The van der Waals surface area contributed by atoms with E-state index >= 15 is 0 Å². The number of hydrogen-bond acceptors (Lipinski definition) is 6. The fourth-order valence-corrected chi connectivity index (χ4v) is 4.98. The maximum atomic E-state index is 13.7. The van der Waals surface area contributed by atoms with Gasteiger partial charge in [-0.15, -0.1) is 5.10 Å². The van der Waals surface area contributed by atoms with E-state index in [4.69, 9.17) is 11.6 Å². The smallest absolute Gasteiger partial charge is 0.335 e. The van der Waals surface area contributed by atoms with Gasteiger partial charge in [0.1, 0.15) is 12.4 Å². The van der Waals surface area contributed by atoms with Crippen LogP contribution in [0.25, 0.3) is 11.8 Å². The predicted molar refractivity (Wildman–Crippen MR) is 145 cm³/mol. The zero-order chi connectivity index (χ0) is 27.5. The largest absolute Gasteiger partial charge is 0.478 e. The van der Waals surface area contributed by atoms with Crippen LogP contribution in [-0.2, 0) is 22.4 Å².